The molecule has 1 amide bonds. The van der Waals surface area contributed by atoms with Gasteiger partial charge in [0.25, 0.3) is 0 Å². The monoisotopic (exact) mass is 340 g/mol. The summed E-state index contributed by atoms with van der Waals surface area (Å²) in [6.45, 7) is 0. The van der Waals surface area contributed by atoms with Crippen LogP contribution in [-0.4, -0.2) is 18.0 Å². The van der Waals surface area contributed by atoms with E-state index in [-0.39, 0.29) is 17.8 Å². The quantitative estimate of drug-likeness (QED) is 0.865. The first kappa shape index (κ1) is 14.0. The number of rotatable bonds is 2. The fourth-order valence-corrected chi connectivity index (χ4v) is 3.57. The lowest BCUT2D eigenvalue weighted by molar-refractivity contribution is -0.117. The zero-order chi connectivity index (χ0) is 14.1. The summed E-state index contributed by atoms with van der Waals surface area (Å²) in [7, 11) is 0. The van der Waals surface area contributed by atoms with Gasteiger partial charge in [0.2, 0.25) is 5.91 Å². The van der Waals surface area contributed by atoms with E-state index in [4.69, 9.17) is 0 Å². The highest BCUT2D eigenvalue weighted by Crippen LogP contribution is 2.33. The third-order valence-electron chi connectivity index (χ3n) is 4.37. The first-order valence-corrected chi connectivity index (χ1v) is 7.95. The fourth-order valence-electron chi connectivity index (χ4n) is 3.32. The summed E-state index contributed by atoms with van der Waals surface area (Å²) < 4.78 is 13.8. The van der Waals surface area contributed by atoms with E-state index in [1.165, 1.54) is 31.7 Å². The van der Waals surface area contributed by atoms with Crippen LogP contribution in [-0.2, 0) is 4.79 Å². The highest BCUT2D eigenvalue weighted by atomic mass is 79.9. The van der Waals surface area contributed by atoms with Crippen molar-refractivity contribution in [3.63, 3.8) is 0 Å². The minimum Gasteiger partial charge on any atom is -0.325 e. The van der Waals surface area contributed by atoms with Crippen LogP contribution in [0.1, 0.15) is 32.1 Å². The van der Waals surface area contributed by atoms with E-state index in [1.807, 2.05) is 0 Å². The third kappa shape index (κ3) is 2.88. The molecule has 20 heavy (non-hydrogen) atoms. The third-order valence-corrected chi connectivity index (χ3v) is 5.01. The molecule has 1 aromatic rings. The first-order valence-electron chi connectivity index (χ1n) is 7.15. The molecule has 1 aliphatic heterocycles. The van der Waals surface area contributed by atoms with E-state index in [0.717, 1.165) is 6.42 Å². The lowest BCUT2D eigenvalue weighted by Gasteiger charge is -2.24. The highest BCUT2D eigenvalue weighted by molar-refractivity contribution is 9.10. The van der Waals surface area contributed by atoms with Crippen molar-refractivity contribution in [2.45, 2.75) is 44.2 Å². The second-order valence-electron chi connectivity index (χ2n) is 5.72. The lowest BCUT2D eigenvalue weighted by atomic mass is 9.85. The van der Waals surface area contributed by atoms with Gasteiger partial charge in [-0.3, -0.25) is 4.79 Å². The van der Waals surface area contributed by atoms with Crippen LogP contribution >= 0.6 is 15.9 Å². The molecule has 1 saturated carbocycles. The van der Waals surface area contributed by atoms with Crippen LogP contribution in [0.15, 0.2) is 22.7 Å². The van der Waals surface area contributed by atoms with Crippen LogP contribution in [0.5, 0.6) is 0 Å². The van der Waals surface area contributed by atoms with E-state index >= 15 is 0 Å². The number of carbonyl (C=O) groups excluding carboxylic acids is 1. The number of nitrogens with one attached hydrogen (secondary N) is 2. The molecule has 108 valence electrons. The second kappa shape index (κ2) is 5.82. The SMILES string of the molecule is O=C(Nc1ccc(Br)c(F)c1)C1CC2CCCCC2N1. The summed E-state index contributed by atoms with van der Waals surface area (Å²) in [6.07, 6.45) is 5.81. The molecule has 0 aromatic heterocycles. The topological polar surface area (TPSA) is 41.1 Å². The van der Waals surface area contributed by atoms with Crippen molar-refractivity contribution < 1.29 is 9.18 Å². The van der Waals surface area contributed by atoms with Crippen LogP contribution in [0.3, 0.4) is 0 Å². The minimum absolute atomic E-state index is 0.0545. The standard InChI is InChI=1S/C15H18BrFN2O/c16-11-6-5-10(8-12(11)17)18-15(20)14-7-9-3-1-2-4-13(9)19-14/h5-6,8-9,13-14,19H,1-4,7H2,(H,18,20). The molecule has 1 aliphatic carbocycles. The van der Waals surface area contributed by atoms with Gasteiger partial charge in [-0.15, -0.1) is 0 Å². The predicted octanol–water partition coefficient (Wildman–Crippen LogP) is 3.45. The van der Waals surface area contributed by atoms with E-state index in [1.54, 1.807) is 12.1 Å². The number of fused-ring (bicyclic) bond motifs is 1. The highest BCUT2D eigenvalue weighted by Gasteiger charge is 2.38. The summed E-state index contributed by atoms with van der Waals surface area (Å²) in [6, 6.07) is 4.99. The summed E-state index contributed by atoms with van der Waals surface area (Å²) >= 11 is 3.10. The minimum atomic E-state index is -0.365. The van der Waals surface area contributed by atoms with Crippen molar-refractivity contribution >= 4 is 27.5 Å². The van der Waals surface area contributed by atoms with Gasteiger partial charge in [0, 0.05) is 11.7 Å². The molecule has 5 heteroatoms. The molecule has 0 radical (unpaired) electrons. The molecule has 3 unspecified atom stereocenters. The second-order valence-corrected chi connectivity index (χ2v) is 6.58. The number of carbonyl (C=O) groups is 1. The summed E-state index contributed by atoms with van der Waals surface area (Å²) in [5.41, 5.74) is 0.507. The van der Waals surface area contributed by atoms with Crippen LogP contribution in [0.25, 0.3) is 0 Å². The first-order chi connectivity index (χ1) is 9.63. The van der Waals surface area contributed by atoms with E-state index in [0.29, 0.717) is 22.1 Å². The van der Waals surface area contributed by atoms with Crippen molar-refractivity contribution in [3.8, 4) is 0 Å². The maximum absolute atomic E-state index is 13.4. The maximum atomic E-state index is 13.4. The maximum Gasteiger partial charge on any atom is 0.241 e. The molecule has 2 aliphatic rings. The van der Waals surface area contributed by atoms with E-state index in [2.05, 4.69) is 26.6 Å². The zero-order valence-corrected chi connectivity index (χ0v) is 12.7. The predicted molar refractivity (Wildman–Crippen MR) is 80.0 cm³/mol. The van der Waals surface area contributed by atoms with Gasteiger partial charge in [0.15, 0.2) is 0 Å². The molecule has 0 bridgehead atoms. The lowest BCUT2D eigenvalue weighted by Crippen LogP contribution is -2.39. The molecule has 3 rings (SSSR count). The van der Waals surface area contributed by atoms with Crippen LogP contribution in [0, 0.1) is 11.7 Å². The molecule has 1 aromatic carbocycles. The molecule has 3 atom stereocenters. The van der Waals surface area contributed by atoms with Crippen LogP contribution in [0.4, 0.5) is 10.1 Å². The molecule has 0 spiro atoms. The normalized spacial score (nSPS) is 29.0. The molecule has 1 heterocycles. The van der Waals surface area contributed by atoms with Gasteiger partial charge in [-0.25, -0.2) is 4.39 Å². The van der Waals surface area contributed by atoms with Gasteiger partial charge in [-0.2, -0.15) is 0 Å². The van der Waals surface area contributed by atoms with Crippen molar-refractivity contribution in [1.82, 2.24) is 5.32 Å². The van der Waals surface area contributed by atoms with Gasteiger partial charge in [-0.1, -0.05) is 12.8 Å². The number of amides is 1. The Morgan fingerprint density at radius 2 is 2.15 bits per heavy atom. The average Bonchev–Trinajstić information content (AvgIpc) is 2.87. The van der Waals surface area contributed by atoms with Gasteiger partial charge >= 0.3 is 0 Å². The van der Waals surface area contributed by atoms with Gasteiger partial charge in [0.1, 0.15) is 5.82 Å². The molecular weight excluding hydrogens is 323 g/mol. The Morgan fingerprint density at radius 3 is 2.90 bits per heavy atom. The van der Waals surface area contributed by atoms with Gasteiger partial charge in [-0.05, 0) is 59.3 Å². The Bertz CT molecular complexity index is 509. The molecule has 1 saturated heterocycles. The number of benzene rings is 1. The Kier molecular flexibility index (Phi) is 4.08. The Morgan fingerprint density at radius 1 is 1.35 bits per heavy atom. The summed E-state index contributed by atoms with van der Waals surface area (Å²) in [4.78, 5) is 12.2. The van der Waals surface area contributed by atoms with Crippen LogP contribution < -0.4 is 10.6 Å². The van der Waals surface area contributed by atoms with Crippen molar-refractivity contribution in [2.24, 2.45) is 5.92 Å². The molecule has 3 nitrogen and oxygen atoms in total. The number of hydrogen-bond donors (Lipinski definition) is 2. The number of hydrogen-bond acceptors (Lipinski definition) is 2. The van der Waals surface area contributed by atoms with Gasteiger partial charge in [0.05, 0.1) is 10.5 Å². The van der Waals surface area contributed by atoms with Crippen molar-refractivity contribution in [2.75, 3.05) is 5.32 Å². The van der Waals surface area contributed by atoms with Gasteiger partial charge < -0.3 is 10.6 Å². The van der Waals surface area contributed by atoms with Crippen molar-refractivity contribution in [3.05, 3.63) is 28.5 Å². The number of anilines is 1. The summed E-state index contributed by atoms with van der Waals surface area (Å²) in [5, 5.41) is 6.22. The van der Waals surface area contributed by atoms with E-state index in [9.17, 15) is 9.18 Å². The van der Waals surface area contributed by atoms with Crippen LogP contribution in [0.2, 0.25) is 0 Å². The van der Waals surface area contributed by atoms with Crippen molar-refractivity contribution in [1.29, 1.82) is 0 Å². The average molecular weight is 341 g/mol. The fraction of sp³-hybridized carbons (Fsp3) is 0.533. The smallest absolute Gasteiger partial charge is 0.241 e. The van der Waals surface area contributed by atoms with E-state index < -0.39 is 0 Å². The molecule has 2 fully saturated rings. The molecule has 2 N–H and O–H groups in total. The largest absolute Gasteiger partial charge is 0.325 e. The summed E-state index contributed by atoms with van der Waals surface area (Å²) in [5.74, 6) is 0.207. The Hall–Kier alpha value is -0.940. The Balaban J connectivity index is 1.63. The zero-order valence-electron chi connectivity index (χ0n) is 11.2. The molecular formula is C15H18BrFN2O. The Labute approximate surface area is 126 Å². The number of halogens is 2.